The van der Waals surface area contributed by atoms with E-state index in [0.29, 0.717) is 15.3 Å². The van der Waals surface area contributed by atoms with Crippen LogP contribution in [0.2, 0.25) is 5.02 Å². The van der Waals surface area contributed by atoms with Crippen LogP contribution in [0.4, 0.5) is 13.9 Å². The van der Waals surface area contributed by atoms with Crippen molar-refractivity contribution >= 4 is 44.2 Å². The molecule has 0 aliphatic carbocycles. The largest absolute Gasteiger partial charge is 0.279 e. The van der Waals surface area contributed by atoms with Gasteiger partial charge in [0.05, 0.1) is 21.8 Å². The lowest BCUT2D eigenvalue weighted by Crippen LogP contribution is -2.30. The Kier molecular flexibility index (Phi) is 5.07. The second kappa shape index (κ2) is 7.66. The van der Waals surface area contributed by atoms with Crippen LogP contribution >= 0.6 is 22.9 Å². The van der Waals surface area contributed by atoms with Crippen molar-refractivity contribution in [2.24, 2.45) is 0 Å². The fourth-order valence-corrected chi connectivity index (χ4v) is 4.05. The van der Waals surface area contributed by atoms with Gasteiger partial charge in [0.1, 0.15) is 11.3 Å². The lowest BCUT2D eigenvalue weighted by atomic mass is 10.1. The van der Waals surface area contributed by atoms with Gasteiger partial charge in [0, 0.05) is 6.07 Å². The highest BCUT2D eigenvalue weighted by Crippen LogP contribution is 2.33. The number of hydrogen-bond acceptors (Lipinski definition) is 3. The zero-order chi connectivity index (χ0) is 19.7. The lowest BCUT2D eigenvalue weighted by Gasteiger charge is -2.20. The Bertz CT molecular complexity index is 1160. The summed E-state index contributed by atoms with van der Waals surface area (Å²) in [5.74, 6) is -1.82. The van der Waals surface area contributed by atoms with Crippen LogP contribution in [-0.4, -0.2) is 10.9 Å². The summed E-state index contributed by atoms with van der Waals surface area (Å²) in [6, 6.07) is 18.0. The zero-order valence-corrected chi connectivity index (χ0v) is 16.0. The van der Waals surface area contributed by atoms with Crippen molar-refractivity contribution in [3.05, 3.63) is 94.5 Å². The maximum Gasteiger partial charge on any atom is 0.261 e. The highest BCUT2D eigenvalue weighted by Gasteiger charge is 2.24. The molecule has 1 amide bonds. The smallest absolute Gasteiger partial charge is 0.261 e. The molecule has 0 fully saturated rings. The van der Waals surface area contributed by atoms with Crippen LogP contribution in [0.25, 0.3) is 10.2 Å². The standard InChI is InChI=1S/C21H13ClF2N2OS/c22-16-9-5-4-8-15(16)20(27)26(12-13-6-2-1-3-7-13)21-25-19-17(24)10-14(23)11-18(19)28-21/h1-11H,12H2. The topological polar surface area (TPSA) is 33.2 Å². The number of nitrogens with zero attached hydrogens (tertiary/aromatic N) is 2. The minimum Gasteiger partial charge on any atom is -0.279 e. The molecule has 0 unspecified atom stereocenters. The third kappa shape index (κ3) is 3.61. The molecule has 3 nitrogen and oxygen atoms in total. The Morgan fingerprint density at radius 1 is 1.04 bits per heavy atom. The number of aromatic nitrogens is 1. The Morgan fingerprint density at radius 3 is 2.50 bits per heavy atom. The molecular formula is C21H13ClF2N2OS. The van der Waals surface area contributed by atoms with Gasteiger partial charge in [0.15, 0.2) is 10.9 Å². The summed E-state index contributed by atoms with van der Waals surface area (Å²) in [6.07, 6.45) is 0. The number of amides is 1. The number of anilines is 1. The van der Waals surface area contributed by atoms with Gasteiger partial charge in [-0.2, -0.15) is 0 Å². The number of halogens is 3. The summed E-state index contributed by atoms with van der Waals surface area (Å²) in [6.45, 7) is 0.217. The molecule has 0 saturated carbocycles. The van der Waals surface area contributed by atoms with Gasteiger partial charge in [-0.05, 0) is 23.8 Å². The third-order valence-electron chi connectivity index (χ3n) is 4.17. The first-order valence-corrected chi connectivity index (χ1v) is 9.58. The molecular weight excluding hydrogens is 402 g/mol. The Labute approximate surface area is 168 Å². The van der Waals surface area contributed by atoms with Gasteiger partial charge in [0.2, 0.25) is 0 Å². The predicted molar refractivity (Wildman–Crippen MR) is 108 cm³/mol. The first-order chi connectivity index (χ1) is 13.5. The molecule has 4 aromatic rings. The molecule has 7 heteroatoms. The summed E-state index contributed by atoms with van der Waals surface area (Å²) >= 11 is 7.26. The number of thiazole rings is 1. The van der Waals surface area contributed by atoms with Crippen LogP contribution in [0.3, 0.4) is 0 Å². The summed E-state index contributed by atoms with van der Waals surface area (Å²) in [7, 11) is 0. The van der Waals surface area contributed by atoms with E-state index >= 15 is 0 Å². The summed E-state index contributed by atoms with van der Waals surface area (Å²) in [4.78, 5) is 18.9. The number of hydrogen-bond donors (Lipinski definition) is 0. The molecule has 0 atom stereocenters. The Morgan fingerprint density at radius 2 is 1.75 bits per heavy atom. The van der Waals surface area contributed by atoms with Gasteiger partial charge in [-0.15, -0.1) is 0 Å². The lowest BCUT2D eigenvalue weighted by molar-refractivity contribution is 0.0985. The van der Waals surface area contributed by atoms with Crippen LogP contribution < -0.4 is 4.90 Å². The van der Waals surface area contributed by atoms with Crippen molar-refractivity contribution in [1.29, 1.82) is 0 Å². The van der Waals surface area contributed by atoms with Gasteiger partial charge in [-0.1, -0.05) is 65.4 Å². The summed E-state index contributed by atoms with van der Waals surface area (Å²) in [5.41, 5.74) is 1.21. The predicted octanol–water partition coefficient (Wildman–Crippen LogP) is 6.07. The molecule has 0 radical (unpaired) electrons. The molecule has 140 valence electrons. The number of rotatable bonds is 4. The first kappa shape index (κ1) is 18.5. The van der Waals surface area contributed by atoms with E-state index in [1.54, 1.807) is 24.3 Å². The number of fused-ring (bicyclic) bond motifs is 1. The molecule has 0 spiro atoms. The first-order valence-electron chi connectivity index (χ1n) is 8.39. The van der Waals surface area contributed by atoms with E-state index in [9.17, 15) is 13.6 Å². The monoisotopic (exact) mass is 414 g/mol. The van der Waals surface area contributed by atoms with Crippen molar-refractivity contribution in [2.75, 3.05) is 4.90 Å². The van der Waals surface area contributed by atoms with Crippen molar-refractivity contribution in [2.45, 2.75) is 6.54 Å². The highest BCUT2D eigenvalue weighted by molar-refractivity contribution is 7.22. The maximum atomic E-state index is 14.1. The second-order valence-corrected chi connectivity index (χ2v) is 7.50. The van der Waals surface area contributed by atoms with Gasteiger partial charge in [-0.25, -0.2) is 13.8 Å². The third-order valence-corrected chi connectivity index (χ3v) is 5.52. The molecule has 28 heavy (non-hydrogen) atoms. The quantitative estimate of drug-likeness (QED) is 0.405. The van der Waals surface area contributed by atoms with Crippen molar-refractivity contribution in [3.63, 3.8) is 0 Å². The minimum atomic E-state index is -0.762. The Hall–Kier alpha value is -2.83. The maximum absolute atomic E-state index is 14.1. The summed E-state index contributed by atoms with van der Waals surface area (Å²) < 4.78 is 28.0. The second-order valence-electron chi connectivity index (χ2n) is 6.09. The van der Waals surface area contributed by atoms with Gasteiger partial charge >= 0.3 is 0 Å². The average molecular weight is 415 g/mol. The Balaban J connectivity index is 1.82. The van der Waals surface area contributed by atoms with Crippen LogP contribution in [0, 0.1) is 11.6 Å². The van der Waals surface area contributed by atoms with Crippen molar-refractivity contribution < 1.29 is 13.6 Å². The van der Waals surface area contributed by atoms with Crippen LogP contribution in [0.5, 0.6) is 0 Å². The number of carbonyl (C=O) groups excluding carboxylic acids is 1. The molecule has 3 aromatic carbocycles. The molecule has 1 aromatic heterocycles. The average Bonchev–Trinajstić information content (AvgIpc) is 3.11. The normalized spacial score (nSPS) is 11.0. The van der Waals surface area contributed by atoms with E-state index in [0.717, 1.165) is 23.0 Å². The number of carbonyl (C=O) groups is 1. The van der Waals surface area contributed by atoms with E-state index < -0.39 is 11.6 Å². The van der Waals surface area contributed by atoms with Gasteiger partial charge in [0.25, 0.3) is 5.91 Å². The van der Waals surface area contributed by atoms with E-state index in [4.69, 9.17) is 11.6 Å². The van der Waals surface area contributed by atoms with Crippen LogP contribution in [-0.2, 0) is 6.54 Å². The SMILES string of the molecule is O=C(c1ccccc1Cl)N(Cc1ccccc1)c1nc2c(F)cc(F)cc2s1. The van der Waals surface area contributed by atoms with Crippen molar-refractivity contribution in [3.8, 4) is 0 Å². The van der Waals surface area contributed by atoms with E-state index in [-0.39, 0.29) is 23.1 Å². The van der Waals surface area contributed by atoms with E-state index in [1.165, 1.54) is 11.0 Å². The highest BCUT2D eigenvalue weighted by atomic mass is 35.5. The molecule has 0 bridgehead atoms. The summed E-state index contributed by atoms with van der Waals surface area (Å²) in [5, 5.41) is 0.581. The molecule has 0 N–H and O–H groups in total. The minimum absolute atomic E-state index is 0.0337. The van der Waals surface area contributed by atoms with Crippen LogP contribution in [0.15, 0.2) is 66.7 Å². The van der Waals surface area contributed by atoms with Gasteiger partial charge < -0.3 is 0 Å². The van der Waals surface area contributed by atoms with Crippen LogP contribution in [0.1, 0.15) is 15.9 Å². The van der Waals surface area contributed by atoms with E-state index in [1.807, 2.05) is 30.3 Å². The van der Waals surface area contributed by atoms with Gasteiger partial charge in [-0.3, -0.25) is 9.69 Å². The molecule has 4 rings (SSSR count). The number of benzene rings is 3. The van der Waals surface area contributed by atoms with E-state index in [2.05, 4.69) is 4.98 Å². The fourth-order valence-electron chi connectivity index (χ4n) is 2.83. The van der Waals surface area contributed by atoms with Crippen molar-refractivity contribution in [1.82, 2.24) is 4.98 Å². The fraction of sp³-hybridized carbons (Fsp3) is 0.0476. The zero-order valence-electron chi connectivity index (χ0n) is 14.4. The molecule has 0 aliphatic rings. The molecule has 0 saturated heterocycles. The molecule has 1 heterocycles. The molecule has 0 aliphatic heterocycles.